The molecular formula is C28H28F3N5O3. The first-order chi connectivity index (χ1) is 18.4. The van der Waals surface area contributed by atoms with Crippen LogP contribution in [0, 0.1) is 23.2 Å². The van der Waals surface area contributed by atoms with Crippen molar-refractivity contribution in [3.05, 3.63) is 65.2 Å². The fraction of sp³-hybridized carbons (Fsp3) is 0.429. The van der Waals surface area contributed by atoms with Crippen LogP contribution in [0.25, 0.3) is 0 Å². The van der Waals surface area contributed by atoms with Gasteiger partial charge in [0.2, 0.25) is 11.8 Å². The van der Waals surface area contributed by atoms with E-state index in [0.29, 0.717) is 23.1 Å². The Balaban J connectivity index is 1.41. The van der Waals surface area contributed by atoms with Gasteiger partial charge >= 0.3 is 6.18 Å². The van der Waals surface area contributed by atoms with Gasteiger partial charge in [0.25, 0.3) is 0 Å². The molecule has 39 heavy (non-hydrogen) atoms. The first kappa shape index (κ1) is 26.5. The van der Waals surface area contributed by atoms with Crippen molar-refractivity contribution in [2.45, 2.75) is 63.0 Å². The van der Waals surface area contributed by atoms with Crippen molar-refractivity contribution >= 4 is 17.8 Å². The fourth-order valence-corrected chi connectivity index (χ4v) is 5.53. The number of fused-ring (bicyclic) bond motifs is 1. The minimum atomic E-state index is -4.58. The number of carbonyl (C=O) groups is 2. The smallest absolute Gasteiger partial charge is 0.425 e. The molecule has 0 bridgehead atoms. The standard InChI is InChI=1S/C28H28F3N5O3/c1-27(2)13-23(37)36(26(33)35-27)24(16-9-7-15(14-32)8-10-16)18-11-19(18)25(38)34-20-12-22(28(29,30)31)39-21-6-4-3-5-17(20)21/h3-10,18-20,22,24H,11-13H2,1-2H3,(H2,33,35)(H,34,38). The summed E-state index contributed by atoms with van der Waals surface area (Å²) >= 11 is 0. The Morgan fingerprint density at radius 3 is 2.54 bits per heavy atom. The second kappa shape index (κ2) is 9.59. The molecule has 8 nitrogen and oxygen atoms in total. The first-order valence-corrected chi connectivity index (χ1v) is 12.7. The number of amides is 2. The number of hydrogen-bond donors (Lipinski definition) is 2. The Bertz CT molecular complexity index is 1370. The molecule has 2 heterocycles. The molecule has 11 heteroatoms. The molecule has 1 aliphatic carbocycles. The average molecular weight is 540 g/mol. The number of nitrogens with two attached hydrogens (primary N) is 1. The lowest BCUT2D eigenvalue weighted by atomic mass is 9.93. The van der Waals surface area contributed by atoms with Crippen LogP contribution in [0.2, 0.25) is 0 Å². The zero-order valence-corrected chi connectivity index (χ0v) is 21.4. The van der Waals surface area contributed by atoms with Crippen LogP contribution in [0.1, 0.15) is 61.9 Å². The zero-order chi connectivity index (χ0) is 28.1. The van der Waals surface area contributed by atoms with Gasteiger partial charge in [-0.25, -0.2) is 4.99 Å². The minimum absolute atomic E-state index is 0.0445. The van der Waals surface area contributed by atoms with Crippen LogP contribution < -0.4 is 15.8 Å². The maximum absolute atomic E-state index is 13.5. The van der Waals surface area contributed by atoms with E-state index in [1.54, 1.807) is 56.3 Å². The van der Waals surface area contributed by atoms with Gasteiger partial charge < -0.3 is 15.8 Å². The number of nitrogens with one attached hydrogen (secondary N) is 1. The molecule has 0 saturated heterocycles. The van der Waals surface area contributed by atoms with Crippen LogP contribution in [-0.4, -0.2) is 40.5 Å². The second-order valence-electron chi connectivity index (χ2n) is 10.9. The summed E-state index contributed by atoms with van der Waals surface area (Å²) in [6, 6.07) is 13.6. The molecule has 5 unspecified atom stereocenters. The lowest BCUT2D eigenvalue weighted by molar-refractivity contribution is -0.201. The maximum Gasteiger partial charge on any atom is 0.425 e. The molecule has 2 aromatic carbocycles. The van der Waals surface area contributed by atoms with Gasteiger partial charge in [-0.1, -0.05) is 30.3 Å². The van der Waals surface area contributed by atoms with E-state index in [4.69, 9.17) is 10.5 Å². The number of guanidine groups is 1. The number of nitriles is 1. The molecule has 3 aliphatic rings. The number of alkyl halides is 3. The molecule has 2 aliphatic heterocycles. The summed E-state index contributed by atoms with van der Waals surface area (Å²) in [5.41, 5.74) is 7.21. The summed E-state index contributed by atoms with van der Waals surface area (Å²) in [4.78, 5) is 32.5. The summed E-state index contributed by atoms with van der Waals surface area (Å²) < 4.78 is 45.8. The summed E-state index contributed by atoms with van der Waals surface area (Å²) in [5.74, 6) is -1.40. The third-order valence-electron chi connectivity index (χ3n) is 7.45. The van der Waals surface area contributed by atoms with Crippen molar-refractivity contribution in [2.75, 3.05) is 0 Å². The van der Waals surface area contributed by atoms with E-state index in [9.17, 15) is 28.0 Å². The van der Waals surface area contributed by atoms with E-state index < -0.39 is 48.1 Å². The van der Waals surface area contributed by atoms with Gasteiger partial charge in [0, 0.05) is 17.9 Å². The number of hydrogen-bond acceptors (Lipinski definition) is 6. The number of benzene rings is 2. The Kier molecular flexibility index (Phi) is 6.53. The van der Waals surface area contributed by atoms with Crippen LogP contribution in [0.15, 0.2) is 53.5 Å². The summed E-state index contributed by atoms with van der Waals surface area (Å²) in [5, 5.41) is 12.0. The molecule has 5 atom stereocenters. The molecule has 0 aromatic heterocycles. The summed E-state index contributed by atoms with van der Waals surface area (Å²) in [6.45, 7) is 3.61. The Morgan fingerprint density at radius 1 is 1.21 bits per heavy atom. The molecular weight excluding hydrogens is 511 g/mol. The quantitative estimate of drug-likeness (QED) is 0.592. The normalized spacial score (nSPS) is 26.4. The van der Waals surface area contributed by atoms with Crippen LogP contribution >= 0.6 is 0 Å². The zero-order valence-electron chi connectivity index (χ0n) is 21.4. The van der Waals surface area contributed by atoms with Crippen molar-refractivity contribution in [3.8, 4) is 11.8 Å². The Hall–Kier alpha value is -4.07. The van der Waals surface area contributed by atoms with Crippen LogP contribution in [0.3, 0.4) is 0 Å². The van der Waals surface area contributed by atoms with Gasteiger partial charge in [0.1, 0.15) is 5.75 Å². The summed E-state index contributed by atoms with van der Waals surface area (Å²) in [7, 11) is 0. The highest BCUT2D eigenvalue weighted by molar-refractivity contribution is 5.99. The predicted octanol–water partition coefficient (Wildman–Crippen LogP) is 4.13. The third-order valence-corrected chi connectivity index (χ3v) is 7.45. The number of aliphatic imine (C=N–C) groups is 1. The Labute approximate surface area is 223 Å². The second-order valence-corrected chi connectivity index (χ2v) is 10.9. The number of halogens is 3. The highest BCUT2D eigenvalue weighted by Gasteiger charge is 2.54. The van der Waals surface area contributed by atoms with E-state index >= 15 is 0 Å². The number of nitrogens with zero attached hydrogens (tertiary/aromatic N) is 3. The molecule has 1 saturated carbocycles. The van der Waals surface area contributed by atoms with E-state index in [1.165, 1.54) is 11.0 Å². The number of para-hydroxylation sites is 1. The monoisotopic (exact) mass is 539 g/mol. The molecule has 204 valence electrons. The molecule has 0 radical (unpaired) electrons. The molecule has 2 amide bonds. The predicted molar refractivity (Wildman–Crippen MR) is 135 cm³/mol. The topological polar surface area (TPSA) is 121 Å². The van der Waals surface area contributed by atoms with Gasteiger partial charge in [-0.05, 0) is 49.9 Å². The summed E-state index contributed by atoms with van der Waals surface area (Å²) in [6.07, 6.45) is -6.53. The van der Waals surface area contributed by atoms with E-state index in [1.807, 2.05) is 0 Å². The van der Waals surface area contributed by atoms with Gasteiger partial charge in [0.05, 0.1) is 35.7 Å². The number of carbonyl (C=O) groups excluding carboxylic acids is 2. The molecule has 5 rings (SSSR count). The molecule has 1 fully saturated rings. The van der Waals surface area contributed by atoms with Gasteiger partial charge in [-0.15, -0.1) is 0 Å². The van der Waals surface area contributed by atoms with Gasteiger partial charge in [-0.3, -0.25) is 14.5 Å². The van der Waals surface area contributed by atoms with Crippen molar-refractivity contribution in [3.63, 3.8) is 0 Å². The van der Waals surface area contributed by atoms with Crippen molar-refractivity contribution in [1.29, 1.82) is 5.26 Å². The largest absolute Gasteiger partial charge is 0.480 e. The molecule has 3 N–H and O–H groups in total. The van der Waals surface area contributed by atoms with E-state index in [2.05, 4.69) is 16.4 Å². The molecule has 2 aromatic rings. The maximum atomic E-state index is 13.5. The minimum Gasteiger partial charge on any atom is -0.480 e. The Morgan fingerprint density at radius 2 is 1.90 bits per heavy atom. The number of ether oxygens (including phenoxy) is 1. The highest BCUT2D eigenvalue weighted by atomic mass is 19.4. The lowest BCUT2D eigenvalue weighted by Crippen LogP contribution is -2.52. The third kappa shape index (κ3) is 5.28. The van der Waals surface area contributed by atoms with Crippen molar-refractivity contribution in [2.24, 2.45) is 22.6 Å². The van der Waals surface area contributed by atoms with Crippen LogP contribution in [0.5, 0.6) is 5.75 Å². The SMILES string of the molecule is CC1(C)CC(=O)N(C(c2ccc(C#N)cc2)C2CC2C(=O)NC2CC(C(F)(F)F)Oc3ccccc32)C(N)=N1. The van der Waals surface area contributed by atoms with E-state index in [-0.39, 0.29) is 30.0 Å². The highest BCUT2D eigenvalue weighted by Crippen LogP contribution is 2.52. The van der Waals surface area contributed by atoms with Crippen LogP contribution in [-0.2, 0) is 9.59 Å². The van der Waals surface area contributed by atoms with Crippen molar-refractivity contribution < 1.29 is 27.5 Å². The average Bonchev–Trinajstić information content (AvgIpc) is 3.66. The van der Waals surface area contributed by atoms with Gasteiger partial charge in [0.15, 0.2) is 12.1 Å². The molecule has 0 spiro atoms. The lowest BCUT2D eigenvalue weighted by Gasteiger charge is -2.38. The van der Waals surface area contributed by atoms with Crippen molar-refractivity contribution in [1.82, 2.24) is 10.2 Å². The van der Waals surface area contributed by atoms with Gasteiger partial charge in [-0.2, -0.15) is 18.4 Å². The first-order valence-electron chi connectivity index (χ1n) is 12.7. The van der Waals surface area contributed by atoms with Crippen LogP contribution in [0.4, 0.5) is 13.2 Å². The number of rotatable bonds is 5. The van der Waals surface area contributed by atoms with E-state index in [0.717, 1.165) is 0 Å². The fourth-order valence-electron chi connectivity index (χ4n) is 5.53.